The lowest BCUT2D eigenvalue weighted by Gasteiger charge is -2.25. The number of nitrogen functional groups attached to an aromatic ring is 1. The SMILES string of the molecule is C.CS(=O)Cc1cc(N)ccc1C1(NC(=O)OC(C)(C)C)CC1.CS(=O)Cc1cc(Nc2cc(CC3CC3)n3ncc(C#N)c3n2)ccc1C1(NC(=O)OC(C)(C)C)CC1.CS(=O)Cc1cc(Nc2cc(NC3CC3)n3ncc(C#N)c3n2)ccc1C1(N)CC1.CS(=O)Cc1cc([N+](=O)[O-])ccc1C1(NC(=O)OC(C)(C)C)CC1.N#Cc1cnn2c(CC3CC3)cc(Cl)nc12. The third-order valence-corrected chi connectivity index (χ3v) is 25.2. The highest BCUT2D eigenvalue weighted by Crippen LogP contribution is 2.51. The smallest absolute Gasteiger partial charge is 0.408 e. The average Bonchev–Trinajstić information content (AvgIpc) is 1.61. The van der Waals surface area contributed by atoms with Crippen molar-refractivity contribution < 1.29 is 50.4 Å². The van der Waals surface area contributed by atoms with Gasteiger partial charge in [-0.3, -0.25) is 26.9 Å². The van der Waals surface area contributed by atoms with Crippen LogP contribution in [0.3, 0.4) is 0 Å². The van der Waals surface area contributed by atoms with Crippen molar-refractivity contribution in [3.8, 4) is 18.2 Å². The minimum Gasteiger partial charge on any atom is -0.444 e. The molecule has 4 aromatic carbocycles. The fraction of sp³-hybridized carbons (Fsp3) is 0.478. The molecule has 0 aliphatic heterocycles. The zero-order valence-electron chi connectivity index (χ0n) is 74.6. The number of nitriles is 3. The number of nitro groups is 1. The first kappa shape index (κ1) is 97.5. The van der Waals surface area contributed by atoms with Gasteiger partial charge in [-0.15, -0.1) is 0 Å². The molecular formula is C92H114ClN21O12S4. The molecule has 10 N–H and O–H groups in total. The molecule has 38 heteroatoms. The Morgan fingerprint density at radius 1 is 0.508 bits per heavy atom. The van der Waals surface area contributed by atoms with E-state index >= 15 is 0 Å². The van der Waals surface area contributed by atoms with E-state index in [9.17, 15) is 51.9 Å². The standard InChI is InChI=1S/C27H32N6O3S.C21H23N7OS.C16H22N2O5S.C16H24N2O3S.C11H9ClN4.CH4/c1-26(2,3)36-25(34)32-27(9-10-27)22-8-7-20(12-18(22)16-37(4)35)30-23-13-21(11-17-5-6-17)33-24(31-23)19(14-28)15-29-33;1-30(29)12-13-8-16(4-5-17(13)21(23)6-7-21)25-18-9-19(26-15-2-3-15)28-20(27-18)14(10-22)11-24-28;1-15(2,3)23-14(19)17-16(7-8-16)13-6-5-12(18(20)21)9-11(13)10-24(4)22;1-15(2,3)21-14(19)18-16(7-8-16)13-6-5-12(17)9-11(13)10-22(4)20;12-10-4-9(3-7-1-2-7)16-11(15-10)8(5-13)6-14-16;/h7-8,12-13,15,17H,5-6,9-11,16H2,1-4H3,(H,30,31)(H,32,34);4-5,8-9,11,15,26H,2-3,6-7,12,23H2,1H3,(H,25,27);5-6,9H,7-8,10H2,1-4H3,(H,17,19);5-6,9H,7-8,10,17H2,1-4H3,(H,18,19);4,6-7H,1-3H2;1H4. The number of hydrogen-bond donors (Lipinski definition) is 8. The Morgan fingerprint density at radius 3 is 1.25 bits per heavy atom. The number of alkyl carbamates (subject to hydrolysis) is 3. The van der Waals surface area contributed by atoms with Gasteiger partial charge in [0.05, 0.1) is 40.1 Å². The van der Waals surface area contributed by atoms with Gasteiger partial charge in [-0.25, -0.2) is 38.4 Å². The van der Waals surface area contributed by atoms with Crippen molar-refractivity contribution in [2.45, 2.75) is 240 Å². The van der Waals surface area contributed by atoms with E-state index in [1.807, 2.05) is 114 Å². The number of nitrogens with two attached hydrogens (primary N) is 2. The highest BCUT2D eigenvalue weighted by molar-refractivity contribution is 7.84. The number of nitrogens with zero attached hydrogens (tertiary/aromatic N) is 13. The molecule has 0 saturated heterocycles. The van der Waals surface area contributed by atoms with E-state index in [2.05, 4.69) is 80.4 Å². The van der Waals surface area contributed by atoms with Crippen LogP contribution in [0.5, 0.6) is 0 Å². The van der Waals surface area contributed by atoms with Crippen LogP contribution in [0, 0.1) is 55.9 Å². The van der Waals surface area contributed by atoms with Crippen molar-refractivity contribution in [3.05, 3.63) is 197 Å². The van der Waals surface area contributed by atoms with Crippen molar-refractivity contribution >= 4 is 130 Å². The molecule has 7 aliphatic carbocycles. The van der Waals surface area contributed by atoms with E-state index < -0.39 is 99.8 Å². The molecule has 7 fully saturated rings. The number of aromatic nitrogens is 9. The summed E-state index contributed by atoms with van der Waals surface area (Å²) in [5.41, 5.74) is 23.2. The largest absolute Gasteiger partial charge is 0.444 e. The topological polar surface area (TPSA) is 476 Å². The highest BCUT2D eigenvalue weighted by atomic mass is 35.5. The quantitative estimate of drug-likeness (QED) is 0.00820. The summed E-state index contributed by atoms with van der Waals surface area (Å²) in [5, 5.41) is 71.2. The lowest BCUT2D eigenvalue weighted by Crippen LogP contribution is -2.39. The Kier molecular flexibility index (Phi) is 29.7. The Labute approximate surface area is 771 Å². The first-order valence-corrected chi connectivity index (χ1v) is 50.0. The number of anilines is 6. The number of nitrogens with one attached hydrogen (secondary N) is 6. The van der Waals surface area contributed by atoms with Crippen LogP contribution in [0.1, 0.15) is 232 Å². The van der Waals surface area contributed by atoms with Gasteiger partial charge in [0.25, 0.3) is 5.69 Å². The number of non-ortho nitro benzene ring substituents is 1. The molecule has 3 amide bonds. The molecule has 690 valence electrons. The van der Waals surface area contributed by atoms with Gasteiger partial charge in [0.15, 0.2) is 16.9 Å². The number of hydrogen-bond acceptors (Lipinski definition) is 26. The van der Waals surface area contributed by atoms with Gasteiger partial charge in [0, 0.05) is 156 Å². The number of carbonyl (C=O) groups is 3. The van der Waals surface area contributed by atoms with E-state index in [4.69, 9.17) is 42.5 Å². The van der Waals surface area contributed by atoms with Gasteiger partial charge in [-0.1, -0.05) is 37.2 Å². The van der Waals surface area contributed by atoms with Crippen molar-refractivity contribution in [2.24, 2.45) is 17.6 Å². The van der Waals surface area contributed by atoms with Crippen LogP contribution in [0.4, 0.5) is 54.6 Å². The Hall–Kier alpha value is -11.5. The maximum atomic E-state index is 12.5. The molecule has 6 heterocycles. The molecule has 4 unspecified atom stereocenters. The second-order valence-corrected chi connectivity index (χ2v) is 43.4. The zero-order chi connectivity index (χ0) is 93.0. The Morgan fingerprint density at radius 2 is 0.869 bits per heavy atom. The van der Waals surface area contributed by atoms with E-state index in [1.54, 1.807) is 71.6 Å². The van der Waals surface area contributed by atoms with Crippen molar-refractivity contribution in [2.75, 3.05) is 46.7 Å². The molecule has 130 heavy (non-hydrogen) atoms. The Bertz CT molecular complexity index is 6200. The molecule has 17 rings (SSSR count). The molecule has 4 atom stereocenters. The second kappa shape index (κ2) is 39.7. The number of carbonyl (C=O) groups excluding carboxylic acids is 3. The fourth-order valence-electron chi connectivity index (χ4n) is 15.3. The van der Waals surface area contributed by atoms with Gasteiger partial charge >= 0.3 is 18.3 Å². The molecule has 10 aromatic rings. The van der Waals surface area contributed by atoms with Crippen LogP contribution in [0.15, 0.2) is 110 Å². The summed E-state index contributed by atoms with van der Waals surface area (Å²) in [4.78, 5) is 60.6. The van der Waals surface area contributed by atoms with Gasteiger partial charge in [-0.2, -0.15) is 35.6 Å². The van der Waals surface area contributed by atoms with Crippen LogP contribution in [-0.4, -0.2) is 132 Å². The lowest BCUT2D eigenvalue weighted by atomic mass is 9.98. The second-order valence-electron chi connectivity index (χ2n) is 37.3. The molecule has 0 bridgehead atoms. The van der Waals surface area contributed by atoms with Crippen LogP contribution < -0.4 is 43.4 Å². The van der Waals surface area contributed by atoms with Crippen LogP contribution in [0.25, 0.3) is 16.9 Å². The molecular weight excluding hydrogens is 1750 g/mol. The number of halogens is 1. The van der Waals surface area contributed by atoms with Crippen molar-refractivity contribution in [3.63, 3.8) is 0 Å². The van der Waals surface area contributed by atoms with E-state index in [0.29, 0.717) is 104 Å². The van der Waals surface area contributed by atoms with Gasteiger partial charge in [0.1, 0.15) is 74.3 Å². The van der Waals surface area contributed by atoms with Crippen molar-refractivity contribution in [1.29, 1.82) is 15.8 Å². The van der Waals surface area contributed by atoms with Gasteiger partial charge in [0.2, 0.25) is 0 Å². The number of benzene rings is 4. The van der Waals surface area contributed by atoms with Crippen LogP contribution in [0.2, 0.25) is 5.15 Å². The highest BCUT2D eigenvalue weighted by Gasteiger charge is 2.51. The summed E-state index contributed by atoms with van der Waals surface area (Å²) in [7, 11) is -4.16. The lowest BCUT2D eigenvalue weighted by molar-refractivity contribution is -0.384. The normalized spacial score (nSPS) is 17.0. The van der Waals surface area contributed by atoms with E-state index in [-0.39, 0.29) is 24.4 Å². The molecule has 0 radical (unpaired) electrons. The Balaban J connectivity index is 0.000000150. The van der Waals surface area contributed by atoms with E-state index in [0.717, 1.165) is 138 Å². The summed E-state index contributed by atoms with van der Waals surface area (Å²) >= 11 is 5.95. The summed E-state index contributed by atoms with van der Waals surface area (Å²) in [6, 6.07) is 34.5. The first-order chi connectivity index (χ1) is 60.9. The maximum absolute atomic E-state index is 12.5. The molecule has 0 spiro atoms. The van der Waals surface area contributed by atoms with Crippen LogP contribution >= 0.6 is 11.6 Å². The maximum Gasteiger partial charge on any atom is 0.408 e. The predicted octanol–water partition coefficient (Wildman–Crippen LogP) is 15.9. The third kappa shape index (κ3) is 26.0. The molecule has 7 saturated carbocycles. The number of ether oxygens (including phenoxy) is 3. The zero-order valence-corrected chi connectivity index (χ0v) is 78.7. The summed E-state index contributed by atoms with van der Waals surface area (Å²) < 4.78 is 68.7. The van der Waals surface area contributed by atoms with Gasteiger partial charge in [-0.05, 0) is 270 Å². The molecule has 7 aliphatic rings. The number of nitro benzene ring substituents is 1. The monoisotopic (exact) mass is 1870 g/mol. The molecule has 6 aromatic heterocycles. The van der Waals surface area contributed by atoms with E-state index in [1.165, 1.54) is 50.2 Å². The number of rotatable bonds is 26. The van der Waals surface area contributed by atoms with Gasteiger partial charge < -0.3 is 57.6 Å². The molecule has 33 nitrogen and oxygen atoms in total. The van der Waals surface area contributed by atoms with Crippen molar-refractivity contribution in [1.82, 2.24) is 59.7 Å². The summed E-state index contributed by atoms with van der Waals surface area (Å²) in [6.07, 6.45) is 25.5. The first-order valence-electron chi connectivity index (χ1n) is 42.7. The minimum absolute atomic E-state index is 0. The number of fused-ring (bicyclic) bond motifs is 3. The average molecular weight is 1870 g/mol. The van der Waals surface area contributed by atoms with Crippen LogP contribution in [-0.2, 0) is 115 Å². The number of amides is 3. The fourth-order valence-corrected chi connectivity index (χ4v) is 18.2. The predicted molar refractivity (Wildman–Crippen MR) is 505 cm³/mol. The minimum atomic E-state index is -1.15. The summed E-state index contributed by atoms with van der Waals surface area (Å²) in [6.45, 7) is 16.4. The summed E-state index contributed by atoms with van der Waals surface area (Å²) in [5.74, 6) is 4.90. The third-order valence-electron chi connectivity index (χ3n) is 22.2.